The van der Waals surface area contributed by atoms with Crippen molar-refractivity contribution in [3.8, 4) is 0 Å². The van der Waals surface area contributed by atoms with Crippen molar-refractivity contribution in [1.29, 1.82) is 0 Å². The first-order valence-corrected chi connectivity index (χ1v) is 7.67. The molecule has 0 radical (unpaired) electrons. The van der Waals surface area contributed by atoms with Crippen LogP contribution in [0.5, 0.6) is 0 Å². The fourth-order valence-corrected chi connectivity index (χ4v) is 1.77. The highest BCUT2D eigenvalue weighted by molar-refractivity contribution is 5.77. The molecule has 2 heterocycles. The molecule has 0 saturated heterocycles. The third kappa shape index (κ3) is 5.12. The van der Waals surface area contributed by atoms with E-state index >= 15 is 0 Å². The van der Waals surface area contributed by atoms with Gasteiger partial charge in [0.2, 0.25) is 11.9 Å². The van der Waals surface area contributed by atoms with E-state index in [1.165, 1.54) is 23.4 Å². The Bertz CT molecular complexity index is 758. The van der Waals surface area contributed by atoms with Gasteiger partial charge in [0.25, 0.3) is 5.95 Å². The molecule has 0 fully saturated rings. The Morgan fingerprint density at radius 2 is 2.08 bits per heavy atom. The first kappa shape index (κ1) is 18.1. The summed E-state index contributed by atoms with van der Waals surface area (Å²) in [6, 6.07) is 2.87. The Morgan fingerprint density at radius 3 is 2.68 bits per heavy atom. The molecule has 0 unspecified atom stereocenters. The van der Waals surface area contributed by atoms with Crippen LogP contribution in [0.2, 0.25) is 0 Å². The van der Waals surface area contributed by atoms with Gasteiger partial charge in [-0.15, -0.1) is 0 Å². The summed E-state index contributed by atoms with van der Waals surface area (Å²) in [7, 11) is 1.65. The van der Waals surface area contributed by atoms with Gasteiger partial charge in [0.15, 0.2) is 5.76 Å². The molecule has 0 saturated carbocycles. The van der Waals surface area contributed by atoms with Crippen LogP contribution >= 0.6 is 0 Å². The summed E-state index contributed by atoms with van der Waals surface area (Å²) < 4.78 is 5.02. The third-order valence-electron chi connectivity index (χ3n) is 2.82. The van der Waals surface area contributed by atoms with Gasteiger partial charge in [0.05, 0.1) is 12.3 Å². The summed E-state index contributed by atoms with van der Waals surface area (Å²) in [4.78, 5) is 22.9. The number of aromatic nitrogens is 3. The molecule has 0 aromatic carbocycles. The van der Waals surface area contributed by atoms with Crippen molar-refractivity contribution in [3.05, 3.63) is 28.0 Å². The minimum atomic E-state index is -0.612. The zero-order chi connectivity index (χ0) is 18.4. The maximum absolute atomic E-state index is 10.6. The number of hydrogen-bond acceptors (Lipinski definition) is 10. The molecule has 0 aliphatic heterocycles. The highest BCUT2D eigenvalue weighted by Gasteiger charge is 2.12. The van der Waals surface area contributed by atoms with Crippen LogP contribution in [0.25, 0.3) is 0 Å². The summed E-state index contributed by atoms with van der Waals surface area (Å²) in [5.41, 5.74) is 0. The minimum Gasteiger partial charge on any atom is -0.400 e. The number of nitrogens with zero attached hydrogens (tertiary/aromatic N) is 6. The molecule has 0 atom stereocenters. The van der Waals surface area contributed by atoms with Crippen LogP contribution < -0.4 is 15.6 Å². The van der Waals surface area contributed by atoms with Crippen LogP contribution in [0.1, 0.15) is 26.5 Å². The van der Waals surface area contributed by atoms with Gasteiger partial charge in [-0.3, -0.25) is 10.1 Å². The molecule has 0 spiro atoms. The van der Waals surface area contributed by atoms with Crippen LogP contribution in [-0.4, -0.2) is 45.7 Å². The molecule has 0 aliphatic rings. The van der Waals surface area contributed by atoms with Gasteiger partial charge in [-0.2, -0.15) is 20.1 Å². The molecule has 2 aromatic rings. The quantitative estimate of drug-likeness (QED) is 0.417. The zero-order valence-corrected chi connectivity index (χ0v) is 14.4. The second-order valence-electron chi connectivity index (χ2n) is 5.31. The molecule has 2 N–H and O–H groups in total. The molecular weight excluding hydrogens is 328 g/mol. The molecule has 0 aliphatic carbocycles. The maximum atomic E-state index is 10.6. The Labute approximate surface area is 144 Å². The first-order chi connectivity index (χ1) is 11.9. The van der Waals surface area contributed by atoms with Crippen LogP contribution in [0.15, 0.2) is 21.7 Å². The third-order valence-corrected chi connectivity index (χ3v) is 2.82. The van der Waals surface area contributed by atoms with Crippen molar-refractivity contribution >= 4 is 29.9 Å². The van der Waals surface area contributed by atoms with Gasteiger partial charge < -0.3 is 15.1 Å². The lowest BCUT2D eigenvalue weighted by Crippen LogP contribution is -2.19. The molecule has 2 rings (SSSR count). The van der Waals surface area contributed by atoms with Crippen LogP contribution in [-0.2, 0) is 0 Å². The predicted octanol–water partition coefficient (Wildman–Crippen LogP) is 2.10. The second kappa shape index (κ2) is 8.04. The van der Waals surface area contributed by atoms with Gasteiger partial charge in [-0.25, -0.2) is 5.01 Å². The van der Waals surface area contributed by atoms with Gasteiger partial charge in [-0.1, -0.05) is 0 Å². The van der Waals surface area contributed by atoms with E-state index in [2.05, 4.69) is 30.7 Å². The van der Waals surface area contributed by atoms with E-state index in [-0.39, 0.29) is 17.7 Å². The lowest BCUT2D eigenvalue weighted by Gasteiger charge is -2.15. The van der Waals surface area contributed by atoms with Crippen molar-refractivity contribution in [2.45, 2.75) is 26.8 Å². The van der Waals surface area contributed by atoms with Gasteiger partial charge in [0, 0.05) is 19.6 Å². The molecule has 0 amide bonds. The molecule has 25 heavy (non-hydrogen) atoms. The number of anilines is 3. The molecule has 11 heteroatoms. The average Bonchev–Trinajstić information content (AvgIpc) is 3.01. The number of rotatable bonds is 8. The van der Waals surface area contributed by atoms with E-state index in [1.807, 2.05) is 20.8 Å². The van der Waals surface area contributed by atoms with Crippen molar-refractivity contribution < 1.29 is 9.34 Å². The summed E-state index contributed by atoms with van der Waals surface area (Å²) in [5.74, 6) is 1.06. The fraction of sp³-hybridized carbons (Fsp3) is 0.429. The SMILES string of the molecule is CCNc1nc(NC(C)C)nc(N(C)/N=C/c2ccc([N+](=O)[O-])o2)n1. The van der Waals surface area contributed by atoms with E-state index in [0.29, 0.717) is 24.4 Å². The minimum absolute atomic E-state index is 0.155. The zero-order valence-electron chi connectivity index (χ0n) is 14.4. The second-order valence-corrected chi connectivity index (χ2v) is 5.31. The Kier molecular flexibility index (Phi) is 5.82. The Morgan fingerprint density at radius 1 is 1.36 bits per heavy atom. The number of hydrazone groups is 1. The standard InChI is InChI=1S/C14H20N8O3/c1-5-15-12-18-13(17-9(2)3)20-14(19-12)21(4)16-8-10-6-7-11(25-10)22(23)24/h6-9H,5H2,1-4H3,(H2,15,17,18,19,20)/b16-8+. The van der Waals surface area contributed by atoms with Crippen LogP contribution in [0.3, 0.4) is 0 Å². The topological polar surface area (TPSA) is 135 Å². The molecular formula is C14H20N8O3. The smallest absolute Gasteiger partial charge is 0.400 e. The number of nitrogens with one attached hydrogen (secondary N) is 2. The first-order valence-electron chi connectivity index (χ1n) is 7.67. The van der Waals surface area contributed by atoms with Gasteiger partial charge >= 0.3 is 5.88 Å². The predicted molar refractivity (Wildman–Crippen MR) is 94.1 cm³/mol. The maximum Gasteiger partial charge on any atom is 0.433 e. The fourth-order valence-electron chi connectivity index (χ4n) is 1.77. The molecule has 11 nitrogen and oxygen atoms in total. The van der Waals surface area contributed by atoms with Crippen LogP contribution in [0, 0.1) is 10.1 Å². The Balaban J connectivity index is 2.20. The van der Waals surface area contributed by atoms with E-state index < -0.39 is 4.92 Å². The molecule has 0 bridgehead atoms. The summed E-state index contributed by atoms with van der Waals surface area (Å²) in [6.07, 6.45) is 1.35. The summed E-state index contributed by atoms with van der Waals surface area (Å²) in [5, 5.41) is 22.3. The van der Waals surface area contributed by atoms with Crippen molar-refractivity contribution in [2.24, 2.45) is 5.10 Å². The van der Waals surface area contributed by atoms with Crippen molar-refractivity contribution in [1.82, 2.24) is 15.0 Å². The number of furan rings is 1. The Hall–Kier alpha value is -3.24. The number of nitro groups is 1. The molecule has 2 aromatic heterocycles. The van der Waals surface area contributed by atoms with E-state index in [4.69, 9.17) is 4.42 Å². The summed E-state index contributed by atoms with van der Waals surface area (Å²) >= 11 is 0. The van der Waals surface area contributed by atoms with Crippen molar-refractivity contribution in [2.75, 3.05) is 29.2 Å². The summed E-state index contributed by atoms with van der Waals surface area (Å²) in [6.45, 7) is 6.54. The van der Waals surface area contributed by atoms with E-state index in [0.717, 1.165) is 0 Å². The largest absolute Gasteiger partial charge is 0.433 e. The number of hydrogen-bond donors (Lipinski definition) is 2. The van der Waals surface area contributed by atoms with E-state index in [9.17, 15) is 10.1 Å². The van der Waals surface area contributed by atoms with Crippen molar-refractivity contribution in [3.63, 3.8) is 0 Å². The average molecular weight is 348 g/mol. The van der Waals surface area contributed by atoms with Gasteiger partial charge in [0.1, 0.15) is 4.92 Å². The van der Waals surface area contributed by atoms with Gasteiger partial charge in [-0.05, 0) is 26.8 Å². The van der Waals surface area contributed by atoms with E-state index in [1.54, 1.807) is 7.05 Å². The lowest BCUT2D eigenvalue weighted by molar-refractivity contribution is -0.402. The van der Waals surface area contributed by atoms with Crippen LogP contribution in [0.4, 0.5) is 23.7 Å². The highest BCUT2D eigenvalue weighted by Crippen LogP contribution is 2.16. The molecule has 134 valence electrons. The lowest BCUT2D eigenvalue weighted by atomic mass is 10.4. The monoisotopic (exact) mass is 348 g/mol. The normalized spacial score (nSPS) is 11.1. The highest BCUT2D eigenvalue weighted by atomic mass is 16.6.